The maximum atomic E-state index is 12.6. The number of benzene rings is 1. The Balaban J connectivity index is 2.53. The van der Waals surface area contributed by atoms with Gasteiger partial charge in [-0.15, -0.1) is 6.58 Å². The fraction of sp³-hybridized carbons (Fsp3) is 0.235. The maximum Gasteiger partial charge on any atom is 0.265 e. The van der Waals surface area contributed by atoms with Gasteiger partial charge < -0.3 is 14.2 Å². The molecule has 1 saturated heterocycles. The summed E-state index contributed by atoms with van der Waals surface area (Å²) in [6.07, 6.45) is 2.95. The molecule has 2 amide bonds. The fourth-order valence-corrected chi connectivity index (χ4v) is 2.56. The van der Waals surface area contributed by atoms with Gasteiger partial charge in [0.25, 0.3) is 11.8 Å². The lowest BCUT2D eigenvalue weighted by Gasteiger charge is -2.27. The van der Waals surface area contributed by atoms with Crippen LogP contribution in [0.2, 0.25) is 0 Å². The van der Waals surface area contributed by atoms with Crippen LogP contribution in [0.1, 0.15) is 5.56 Å². The van der Waals surface area contributed by atoms with Gasteiger partial charge in [-0.05, 0) is 24.4 Å². The minimum atomic E-state index is -0.577. The average molecular weight is 362 g/mol. The van der Waals surface area contributed by atoms with Crippen LogP contribution < -0.4 is 19.5 Å². The van der Waals surface area contributed by atoms with Crippen LogP contribution in [0, 0.1) is 0 Å². The Kier molecular flexibility index (Phi) is 5.76. The van der Waals surface area contributed by atoms with Crippen molar-refractivity contribution in [1.82, 2.24) is 10.2 Å². The second-order valence-corrected chi connectivity index (χ2v) is 5.36. The minimum absolute atomic E-state index is 0.0475. The summed E-state index contributed by atoms with van der Waals surface area (Å²) in [4.78, 5) is 26.0. The van der Waals surface area contributed by atoms with Crippen molar-refractivity contribution in [2.24, 2.45) is 0 Å². The van der Waals surface area contributed by atoms with E-state index in [2.05, 4.69) is 11.9 Å². The number of methoxy groups -OCH3 is 3. The van der Waals surface area contributed by atoms with Gasteiger partial charge in [-0.3, -0.25) is 19.8 Å². The first kappa shape index (κ1) is 18.5. The number of carbonyl (C=O) groups is 2. The summed E-state index contributed by atoms with van der Waals surface area (Å²) >= 11 is 5.02. The average Bonchev–Trinajstić information content (AvgIpc) is 2.61. The van der Waals surface area contributed by atoms with Gasteiger partial charge in [-0.1, -0.05) is 6.08 Å². The smallest absolute Gasteiger partial charge is 0.265 e. The molecule has 1 aromatic carbocycles. The molecule has 0 spiro atoms. The lowest BCUT2D eigenvalue weighted by Crippen LogP contribution is -2.53. The summed E-state index contributed by atoms with van der Waals surface area (Å²) in [6.45, 7) is 3.78. The van der Waals surface area contributed by atoms with Crippen molar-refractivity contribution in [3.8, 4) is 17.2 Å². The summed E-state index contributed by atoms with van der Waals surface area (Å²) in [5.74, 6) is 0.250. The first-order chi connectivity index (χ1) is 12.0. The van der Waals surface area contributed by atoms with Gasteiger partial charge in [0.1, 0.15) is 11.3 Å². The Morgan fingerprint density at radius 1 is 1.12 bits per heavy atom. The van der Waals surface area contributed by atoms with Gasteiger partial charge in [0, 0.05) is 18.2 Å². The van der Waals surface area contributed by atoms with Crippen LogP contribution in [0.25, 0.3) is 6.08 Å². The van der Waals surface area contributed by atoms with Crippen molar-refractivity contribution >= 4 is 35.2 Å². The molecular formula is C17H18N2O5S. The summed E-state index contributed by atoms with van der Waals surface area (Å²) in [5, 5.41) is 2.54. The Morgan fingerprint density at radius 3 is 2.28 bits per heavy atom. The monoisotopic (exact) mass is 362 g/mol. The largest absolute Gasteiger partial charge is 0.496 e. The highest BCUT2D eigenvalue weighted by atomic mass is 32.1. The number of hydrogen-bond acceptors (Lipinski definition) is 6. The van der Waals surface area contributed by atoms with Gasteiger partial charge in [0.05, 0.1) is 21.3 Å². The molecule has 0 aromatic heterocycles. The third-order valence-corrected chi connectivity index (χ3v) is 3.86. The van der Waals surface area contributed by atoms with Crippen molar-refractivity contribution < 1.29 is 23.8 Å². The van der Waals surface area contributed by atoms with Crippen molar-refractivity contribution in [3.05, 3.63) is 35.9 Å². The van der Waals surface area contributed by atoms with E-state index in [1.165, 1.54) is 38.4 Å². The van der Waals surface area contributed by atoms with E-state index in [0.717, 1.165) is 0 Å². The maximum absolute atomic E-state index is 12.6. The van der Waals surface area contributed by atoms with Crippen molar-refractivity contribution in [2.75, 3.05) is 27.9 Å². The molecule has 1 N–H and O–H groups in total. The highest BCUT2D eigenvalue weighted by molar-refractivity contribution is 7.80. The van der Waals surface area contributed by atoms with E-state index in [0.29, 0.717) is 22.8 Å². The quantitative estimate of drug-likeness (QED) is 0.358. The van der Waals surface area contributed by atoms with Crippen LogP contribution in [-0.2, 0) is 9.59 Å². The molecule has 25 heavy (non-hydrogen) atoms. The summed E-state index contributed by atoms with van der Waals surface area (Å²) in [6, 6.07) is 3.23. The minimum Gasteiger partial charge on any atom is -0.496 e. The lowest BCUT2D eigenvalue weighted by molar-refractivity contribution is -0.128. The molecule has 0 atom stereocenters. The van der Waals surface area contributed by atoms with Crippen LogP contribution in [-0.4, -0.2) is 49.7 Å². The van der Waals surface area contributed by atoms with Gasteiger partial charge in [-0.25, -0.2) is 0 Å². The van der Waals surface area contributed by atoms with Gasteiger partial charge in [0.15, 0.2) is 16.6 Å². The molecule has 7 nitrogen and oxygen atoms in total. The molecule has 0 unspecified atom stereocenters. The normalized spacial score (nSPS) is 15.9. The number of thiocarbonyl (C=S) groups is 1. The van der Waals surface area contributed by atoms with E-state index < -0.39 is 11.8 Å². The topological polar surface area (TPSA) is 77.1 Å². The number of ether oxygens (including phenoxy) is 3. The molecule has 1 aromatic rings. The van der Waals surface area contributed by atoms with E-state index in [1.54, 1.807) is 12.1 Å². The van der Waals surface area contributed by atoms with E-state index in [-0.39, 0.29) is 17.2 Å². The summed E-state index contributed by atoms with van der Waals surface area (Å²) < 4.78 is 15.8. The highest BCUT2D eigenvalue weighted by Crippen LogP contribution is 2.36. The first-order valence-electron chi connectivity index (χ1n) is 7.26. The highest BCUT2D eigenvalue weighted by Gasteiger charge is 2.33. The predicted octanol–water partition coefficient (Wildman–Crippen LogP) is 1.53. The lowest BCUT2D eigenvalue weighted by atomic mass is 10.1. The molecule has 1 heterocycles. The van der Waals surface area contributed by atoms with E-state index in [1.807, 2.05) is 0 Å². The number of nitrogens with zero attached hydrogens (tertiary/aromatic N) is 1. The summed E-state index contributed by atoms with van der Waals surface area (Å²) in [5.41, 5.74) is 0.422. The number of rotatable bonds is 6. The zero-order valence-electron chi connectivity index (χ0n) is 14.1. The molecular weight excluding hydrogens is 344 g/mol. The Bertz CT molecular complexity index is 773. The van der Waals surface area contributed by atoms with Crippen LogP contribution in [0.3, 0.4) is 0 Å². The zero-order valence-corrected chi connectivity index (χ0v) is 14.9. The predicted molar refractivity (Wildman–Crippen MR) is 96.7 cm³/mol. The van der Waals surface area contributed by atoms with E-state index in [4.69, 9.17) is 26.4 Å². The van der Waals surface area contributed by atoms with Crippen LogP contribution in [0.5, 0.6) is 17.2 Å². The number of nitrogens with one attached hydrogen (secondary N) is 1. The molecule has 1 aliphatic heterocycles. The molecule has 0 bridgehead atoms. The SMILES string of the molecule is C=CCN1C(=O)C(=Cc2cc(OC)c(OC)cc2OC)C(=O)NC1=S. The second-order valence-electron chi connectivity index (χ2n) is 4.97. The molecule has 1 aliphatic rings. The number of carbonyl (C=O) groups excluding carboxylic acids is 2. The molecule has 132 valence electrons. The van der Waals surface area contributed by atoms with Crippen molar-refractivity contribution in [1.29, 1.82) is 0 Å². The molecule has 0 radical (unpaired) electrons. The molecule has 0 aliphatic carbocycles. The third kappa shape index (κ3) is 3.63. The van der Waals surface area contributed by atoms with E-state index in [9.17, 15) is 9.59 Å². The number of amides is 2. The molecule has 0 saturated carbocycles. The van der Waals surface area contributed by atoms with Gasteiger partial charge in [-0.2, -0.15) is 0 Å². The Labute approximate surface area is 150 Å². The fourth-order valence-electron chi connectivity index (χ4n) is 2.31. The second kappa shape index (κ2) is 7.80. The zero-order chi connectivity index (χ0) is 18.6. The van der Waals surface area contributed by atoms with Gasteiger partial charge in [0.2, 0.25) is 0 Å². The molecule has 8 heteroatoms. The van der Waals surface area contributed by atoms with Crippen LogP contribution in [0.15, 0.2) is 30.4 Å². The Hall–Kier alpha value is -2.87. The first-order valence-corrected chi connectivity index (χ1v) is 7.67. The van der Waals surface area contributed by atoms with Crippen molar-refractivity contribution in [2.45, 2.75) is 0 Å². The standard InChI is InChI=1S/C17H18N2O5S/c1-5-6-19-16(21)11(15(20)18-17(19)25)7-10-8-13(23-3)14(24-4)9-12(10)22-2/h5,7-9H,1,6H2,2-4H3,(H,18,20,25). The Morgan fingerprint density at radius 2 is 1.72 bits per heavy atom. The number of hydrogen-bond donors (Lipinski definition) is 1. The summed E-state index contributed by atoms with van der Waals surface area (Å²) in [7, 11) is 4.47. The molecule has 1 fully saturated rings. The van der Waals surface area contributed by atoms with Crippen molar-refractivity contribution in [3.63, 3.8) is 0 Å². The van der Waals surface area contributed by atoms with Crippen LogP contribution >= 0.6 is 12.2 Å². The van der Waals surface area contributed by atoms with Gasteiger partial charge >= 0.3 is 0 Å². The third-order valence-electron chi connectivity index (χ3n) is 3.53. The van der Waals surface area contributed by atoms with Crippen LogP contribution in [0.4, 0.5) is 0 Å². The molecule has 2 rings (SSSR count). The van der Waals surface area contributed by atoms with E-state index >= 15 is 0 Å².